The Hall–Kier alpha value is -0.530. The zero-order valence-corrected chi connectivity index (χ0v) is 25.4. The molecule has 0 aromatic heterocycles. The van der Waals surface area contributed by atoms with Crippen molar-refractivity contribution in [2.24, 2.45) is 5.92 Å². The van der Waals surface area contributed by atoms with Gasteiger partial charge in [-0.2, -0.15) is 0 Å². The van der Waals surface area contributed by atoms with E-state index in [4.69, 9.17) is 4.74 Å². The van der Waals surface area contributed by atoms with Gasteiger partial charge in [-0.05, 0) is 18.8 Å². The van der Waals surface area contributed by atoms with Crippen LogP contribution in [-0.2, 0) is 9.53 Å². The first-order valence-electron chi connectivity index (χ1n) is 16.8. The molecule has 0 aromatic rings. The van der Waals surface area contributed by atoms with Gasteiger partial charge in [0.15, 0.2) is 0 Å². The maximum Gasteiger partial charge on any atom is 0.305 e. The Balaban J connectivity index is 3.15. The van der Waals surface area contributed by atoms with Gasteiger partial charge in [0.25, 0.3) is 0 Å². The smallest absolute Gasteiger partial charge is 0.305 e. The van der Waals surface area contributed by atoms with E-state index in [1.165, 1.54) is 161 Å². The van der Waals surface area contributed by atoms with Gasteiger partial charge in [0.1, 0.15) is 0 Å². The monoisotopic (exact) mass is 509 g/mol. The second-order valence-electron chi connectivity index (χ2n) is 12.0. The van der Waals surface area contributed by atoms with Gasteiger partial charge in [-0.25, -0.2) is 0 Å². The Kier molecular flexibility index (Phi) is 30.2. The maximum absolute atomic E-state index is 11.9. The molecule has 0 aliphatic rings. The van der Waals surface area contributed by atoms with Gasteiger partial charge in [0, 0.05) is 6.42 Å². The lowest BCUT2D eigenvalue weighted by Crippen LogP contribution is -2.05. The van der Waals surface area contributed by atoms with E-state index < -0.39 is 0 Å². The van der Waals surface area contributed by atoms with Crippen molar-refractivity contribution in [1.82, 2.24) is 0 Å². The highest BCUT2D eigenvalue weighted by molar-refractivity contribution is 5.69. The molecule has 0 aliphatic heterocycles. The zero-order valence-electron chi connectivity index (χ0n) is 25.4. The molecule has 0 bridgehead atoms. The summed E-state index contributed by atoms with van der Waals surface area (Å²) in [5, 5.41) is 0. The number of esters is 1. The minimum atomic E-state index is 0.0253. The standard InChI is InChI=1S/C34H68O2/c1-4-5-6-7-8-9-10-11-12-13-14-17-20-23-26-29-32-36-34(35)31-28-25-22-19-16-15-18-21-24-27-30-33(2)3/h33H,4-32H2,1-3H3. The van der Waals surface area contributed by atoms with Crippen LogP contribution in [0.5, 0.6) is 0 Å². The third kappa shape index (κ3) is 31.5. The summed E-state index contributed by atoms with van der Waals surface area (Å²) in [6.45, 7) is 7.57. The van der Waals surface area contributed by atoms with Crippen molar-refractivity contribution in [3.05, 3.63) is 0 Å². The highest BCUT2D eigenvalue weighted by Gasteiger charge is 2.03. The molecule has 0 amide bonds. The minimum Gasteiger partial charge on any atom is -0.466 e. The van der Waals surface area contributed by atoms with Gasteiger partial charge in [0.05, 0.1) is 6.61 Å². The molecule has 216 valence electrons. The van der Waals surface area contributed by atoms with Crippen molar-refractivity contribution >= 4 is 5.97 Å². The Bertz CT molecular complexity index is 417. The molecule has 0 rings (SSSR count). The van der Waals surface area contributed by atoms with Crippen LogP contribution < -0.4 is 0 Å². The summed E-state index contributed by atoms with van der Waals surface area (Å²) in [4.78, 5) is 11.9. The molecule has 0 N–H and O–H groups in total. The van der Waals surface area contributed by atoms with E-state index in [2.05, 4.69) is 20.8 Å². The SMILES string of the molecule is CCCCCCCCCCCCCCCCCCOC(=O)CCCCCCCCCCCCC(C)C. The quantitative estimate of drug-likeness (QED) is 0.0712. The van der Waals surface area contributed by atoms with Crippen molar-refractivity contribution in [3.8, 4) is 0 Å². The number of rotatable bonds is 30. The number of hydrogen-bond acceptors (Lipinski definition) is 2. The molecular weight excluding hydrogens is 440 g/mol. The average Bonchev–Trinajstić information content (AvgIpc) is 2.86. The third-order valence-corrected chi connectivity index (χ3v) is 7.67. The van der Waals surface area contributed by atoms with Crippen molar-refractivity contribution in [3.63, 3.8) is 0 Å². The molecule has 0 saturated carbocycles. The van der Waals surface area contributed by atoms with Crippen LogP contribution in [0, 0.1) is 5.92 Å². The minimum absolute atomic E-state index is 0.0253. The van der Waals surface area contributed by atoms with Crippen molar-refractivity contribution in [2.45, 2.75) is 201 Å². The second-order valence-corrected chi connectivity index (χ2v) is 12.0. The Morgan fingerprint density at radius 2 is 0.806 bits per heavy atom. The fourth-order valence-electron chi connectivity index (χ4n) is 5.14. The summed E-state index contributed by atoms with van der Waals surface area (Å²) in [5.41, 5.74) is 0. The van der Waals surface area contributed by atoms with E-state index in [0.717, 1.165) is 18.8 Å². The van der Waals surface area contributed by atoms with Crippen molar-refractivity contribution in [2.75, 3.05) is 6.61 Å². The molecule has 0 spiro atoms. The Labute approximate surface area is 228 Å². The van der Waals surface area contributed by atoms with Crippen molar-refractivity contribution in [1.29, 1.82) is 0 Å². The van der Waals surface area contributed by atoms with E-state index in [0.29, 0.717) is 13.0 Å². The van der Waals surface area contributed by atoms with Gasteiger partial charge in [-0.1, -0.05) is 181 Å². The van der Waals surface area contributed by atoms with Crippen LogP contribution in [0.4, 0.5) is 0 Å². The molecule has 36 heavy (non-hydrogen) atoms. The molecule has 2 heteroatoms. The van der Waals surface area contributed by atoms with E-state index >= 15 is 0 Å². The molecule has 2 nitrogen and oxygen atoms in total. The molecule has 0 radical (unpaired) electrons. The van der Waals surface area contributed by atoms with Gasteiger partial charge in [0.2, 0.25) is 0 Å². The fourth-order valence-corrected chi connectivity index (χ4v) is 5.14. The number of unbranched alkanes of at least 4 members (excludes halogenated alkanes) is 24. The summed E-state index contributed by atoms with van der Waals surface area (Å²) in [6, 6.07) is 0. The lowest BCUT2D eigenvalue weighted by Gasteiger charge is -2.06. The van der Waals surface area contributed by atoms with Crippen LogP contribution in [-0.4, -0.2) is 12.6 Å². The van der Waals surface area contributed by atoms with E-state index in [9.17, 15) is 4.79 Å². The highest BCUT2D eigenvalue weighted by Crippen LogP contribution is 2.15. The predicted molar refractivity (Wildman–Crippen MR) is 161 cm³/mol. The molecule has 0 atom stereocenters. The Morgan fingerprint density at radius 3 is 1.19 bits per heavy atom. The lowest BCUT2D eigenvalue weighted by atomic mass is 10.0. The molecule has 0 unspecified atom stereocenters. The number of carbonyl (C=O) groups is 1. The van der Waals surface area contributed by atoms with Crippen LogP contribution in [0.1, 0.15) is 201 Å². The normalized spacial score (nSPS) is 11.4. The van der Waals surface area contributed by atoms with E-state index in [-0.39, 0.29) is 5.97 Å². The van der Waals surface area contributed by atoms with Gasteiger partial charge in [-0.3, -0.25) is 4.79 Å². The highest BCUT2D eigenvalue weighted by atomic mass is 16.5. The molecule has 0 saturated heterocycles. The summed E-state index contributed by atoms with van der Waals surface area (Å²) < 4.78 is 5.43. The Morgan fingerprint density at radius 1 is 0.472 bits per heavy atom. The summed E-state index contributed by atoms with van der Waals surface area (Å²) in [6.07, 6.45) is 37.2. The molecule has 0 aromatic carbocycles. The topological polar surface area (TPSA) is 26.3 Å². The van der Waals surface area contributed by atoms with Gasteiger partial charge in [-0.15, -0.1) is 0 Å². The van der Waals surface area contributed by atoms with E-state index in [1.807, 2.05) is 0 Å². The van der Waals surface area contributed by atoms with Crippen LogP contribution in [0.15, 0.2) is 0 Å². The molecule has 0 heterocycles. The first kappa shape index (κ1) is 35.5. The molecular formula is C34H68O2. The van der Waals surface area contributed by atoms with Crippen LogP contribution in [0.3, 0.4) is 0 Å². The van der Waals surface area contributed by atoms with E-state index in [1.54, 1.807) is 0 Å². The lowest BCUT2D eigenvalue weighted by molar-refractivity contribution is -0.143. The zero-order chi connectivity index (χ0) is 26.4. The second kappa shape index (κ2) is 30.7. The first-order valence-corrected chi connectivity index (χ1v) is 16.8. The average molecular weight is 509 g/mol. The number of hydrogen-bond donors (Lipinski definition) is 0. The maximum atomic E-state index is 11.9. The predicted octanol–water partition coefficient (Wildman–Crippen LogP) is 12.1. The third-order valence-electron chi connectivity index (χ3n) is 7.67. The van der Waals surface area contributed by atoms with Crippen LogP contribution >= 0.6 is 0 Å². The van der Waals surface area contributed by atoms with Crippen LogP contribution in [0.2, 0.25) is 0 Å². The molecule has 0 fully saturated rings. The largest absolute Gasteiger partial charge is 0.466 e. The summed E-state index contributed by atoms with van der Waals surface area (Å²) >= 11 is 0. The molecule has 0 aliphatic carbocycles. The first-order chi connectivity index (χ1) is 17.7. The number of ether oxygens (including phenoxy) is 1. The van der Waals surface area contributed by atoms with Crippen molar-refractivity contribution < 1.29 is 9.53 Å². The summed E-state index contributed by atoms with van der Waals surface area (Å²) in [7, 11) is 0. The fraction of sp³-hybridized carbons (Fsp3) is 0.971. The van der Waals surface area contributed by atoms with Gasteiger partial charge >= 0.3 is 5.97 Å². The summed E-state index contributed by atoms with van der Waals surface area (Å²) in [5.74, 6) is 0.887. The van der Waals surface area contributed by atoms with Gasteiger partial charge < -0.3 is 4.74 Å². The van der Waals surface area contributed by atoms with Crippen LogP contribution in [0.25, 0.3) is 0 Å². The number of carbonyl (C=O) groups excluding carboxylic acids is 1.